The first kappa shape index (κ1) is 21.4. The van der Waals surface area contributed by atoms with Crippen molar-refractivity contribution in [2.45, 2.75) is 19.4 Å². The number of amides is 1. The number of sulfonamides is 1. The summed E-state index contributed by atoms with van der Waals surface area (Å²) in [5.74, 6) is -0.0285. The first-order chi connectivity index (χ1) is 14.3. The molecule has 0 saturated carbocycles. The summed E-state index contributed by atoms with van der Waals surface area (Å²) < 4.78 is 43.4. The number of aromatic nitrogens is 2. The van der Waals surface area contributed by atoms with Crippen LogP contribution in [0.15, 0.2) is 59.1 Å². The molecule has 1 aromatic heterocycles. The van der Waals surface area contributed by atoms with Gasteiger partial charge >= 0.3 is 0 Å². The van der Waals surface area contributed by atoms with Crippen LogP contribution in [0.25, 0.3) is 11.4 Å². The summed E-state index contributed by atoms with van der Waals surface area (Å²) >= 11 is 0. The van der Waals surface area contributed by atoms with Crippen LogP contribution in [-0.2, 0) is 21.4 Å². The van der Waals surface area contributed by atoms with Crippen LogP contribution in [0.3, 0.4) is 0 Å². The number of rotatable bonds is 9. The Hall–Kier alpha value is -3.27. The summed E-state index contributed by atoms with van der Waals surface area (Å²) in [6.45, 7) is 0.170. The van der Waals surface area contributed by atoms with E-state index in [9.17, 15) is 17.6 Å². The first-order valence-electron chi connectivity index (χ1n) is 9.21. The van der Waals surface area contributed by atoms with Gasteiger partial charge in [-0.15, -0.1) is 0 Å². The Balaban J connectivity index is 1.49. The summed E-state index contributed by atoms with van der Waals surface area (Å²) in [6.07, 6.45) is 1.46. The monoisotopic (exact) mass is 432 g/mol. The lowest BCUT2D eigenvalue weighted by molar-refractivity contribution is -0.121. The molecule has 30 heavy (non-hydrogen) atoms. The zero-order chi connectivity index (χ0) is 21.6. The van der Waals surface area contributed by atoms with Gasteiger partial charge in [0, 0.05) is 18.5 Å². The van der Waals surface area contributed by atoms with Crippen molar-refractivity contribution in [3.63, 3.8) is 0 Å². The minimum Gasteiger partial charge on any atom is -0.347 e. The quantitative estimate of drug-likeness (QED) is 0.557. The Bertz CT molecular complexity index is 1090. The van der Waals surface area contributed by atoms with Crippen LogP contribution in [0.1, 0.15) is 18.7 Å². The van der Waals surface area contributed by atoms with Crippen molar-refractivity contribution in [3.8, 4) is 11.4 Å². The molecule has 0 aliphatic heterocycles. The summed E-state index contributed by atoms with van der Waals surface area (Å²) in [7, 11) is -3.56. The molecule has 0 radical (unpaired) electrons. The van der Waals surface area contributed by atoms with Crippen molar-refractivity contribution >= 4 is 21.6 Å². The molecule has 3 aromatic rings. The average Bonchev–Trinajstić information content (AvgIpc) is 3.19. The van der Waals surface area contributed by atoms with E-state index in [0.29, 0.717) is 11.5 Å². The lowest BCUT2D eigenvalue weighted by atomic mass is 10.2. The number of halogens is 1. The predicted octanol–water partition coefficient (Wildman–Crippen LogP) is 2.74. The van der Waals surface area contributed by atoms with Gasteiger partial charge < -0.3 is 9.84 Å². The van der Waals surface area contributed by atoms with Crippen LogP contribution in [0.5, 0.6) is 0 Å². The van der Waals surface area contributed by atoms with Crippen molar-refractivity contribution in [1.82, 2.24) is 15.5 Å². The van der Waals surface area contributed by atoms with Gasteiger partial charge in [0.15, 0.2) is 0 Å². The van der Waals surface area contributed by atoms with Gasteiger partial charge in [-0.1, -0.05) is 35.5 Å². The van der Waals surface area contributed by atoms with Gasteiger partial charge in [-0.3, -0.25) is 9.10 Å². The van der Waals surface area contributed by atoms with E-state index in [4.69, 9.17) is 4.52 Å². The Morgan fingerprint density at radius 2 is 1.83 bits per heavy atom. The van der Waals surface area contributed by atoms with Crippen molar-refractivity contribution < 1.29 is 22.1 Å². The minimum atomic E-state index is -3.56. The van der Waals surface area contributed by atoms with E-state index in [1.807, 2.05) is 30.3 Å². The third-order valence-corrected chi connectivity index (χ3v) is 5.41. The summed E-state index contributed by atoms with van der Waals surface area (Å²) in [6, 6.07) is 14.4. The van der Waals surface area contributed by atoms with Crippen molar-refractivity contribution in [2.75, 3.05) is 17.1 Å². The van der Waals surface area contributed by atoms with Gasteiger partial charge in [0.25, 0.3) is 0 Å². The molecule has 0 spiro atoms. The summed E-state index contributed by atoms with van der Waals surface area (Å²) in [5, 5.41) is 6.55. The normalized spacial score (nSPS) is 11.3. The SMILES string of the molecule is CS(=O)(=O)N(CCCC(=O)NCc1nc(-c2ccccc2)no1)c1ccc(F)cc1. The van der Waals surface area contributed by atoms with Crippen LogP contribution < -0.4 is 9.62 Å². The Morgan fingerprint density at radius 3 is 2.50 bits per heavy atom. The Kier molecular flexibility index (Phi) is 6.78. The molecule has 2 aromatic carbocycles. The lowest BCUT2D eigenvalue weighted by Gasteiger charge is -2.22. The Morgan fingerprint density at radius 1 is 1.13 bits per heavy atom. The van der Waals surface area contributed by atoms with Gasteiger partial charge in [0.1, 0.15) is 5.82 Å². The summed E-state index contributed by atoms with van der Waals surface area (Å²) in [4.78, 5) is 16.3. The van der Waals surface area contributed by atoms with Gasteiger partial charge in [0.05, 0.1) is 18.5 Å². The summed E-state index contributed by atoms with van der Waals surface area (Å²) in [5.41, 5.74) is 1.15. The van der Waals surface area contributed by atoms with Gasteiger partial charge in [-0.2, -0.15) is 4.98 Å². The van der Waals surface area contributed by atoms with Crippen LogP contribution in [-0.4, -0.2) is 37.3 Å². The first-order valence-corrected chi connectivity index (χ1v) is 11.1. The molecule has 0 saturated heterocycles. The maximum Gasteiger partial charge on any atom is 0.246 e. The molecular weight excluding hydrogens is 411 g/mol. The smallest absolute Gasteiger partial charge is 0.246 e. The molecule has 0 atom stereocenters. The van der Waals surface area contributed by atoms with Crippen molar-refractivity contribution in [3.05, 3.63) is 66.3 Å². The maximum atomic E-state index is 13.1. The molecule has 0 fully saturated rings. The van der Waals surface area contributed by atoms with Gasteiger partial charge in [0.2, 0.25) is 27.6 Å². The highest BCUT2D eigenvalue weighted by Crippen LogP contribution is 2.19. The van der Waals surface area contributed by atoms with Gasteiger partial charge in [-0.25, -0.2) is 12.8 Å². The third-order valence-electron chi connectivity index (χ3n) is 4.22. The van der Waals surface area contributed by atoms with Crippen LogP contribution in [0.4, 0.5) is 10.1 Å². The fraction of sp³-hybridized carbons (Fsp3) is 0.250. The molecular formula is C20H21FN4O4S. The standard InChI is InChI=1S/C20H21FN4O4S/c1-30(27,28)25(17-11-9-16(21)10-12-17)13-5-8-18(26)22-14-19-23-20(24-29-19)15-6-3-2-4-7-15/h2-4,6-7,9-12H,5,8,13-14H2,1H3,(H,22,26). The van der Waals surface area contributed by atoms with Crippen LogP contribution >= 0.6 is 0 Å². The topological polar surface area (TPSA) is 105 Å². The molecule has 158 valence electrons. The number of carbonyl (C=O) groups excluding carboxylic acids is 1. The van der Waals surface area contributed by atoms with E-state index in [1.54, 1.807) is 0 Å². The highest BCUT2D eigenvalue weighted by atomic mass is 32.2. The molecule has 0 unspecified atom stereocenters. The molecule has 0 bridgehead atoms. The molecule has 0 aliphatic carbocycles. The average molecular weight is 432 g/mol. The van der Waals surface area contributed by atoms with Crippen molar-refractivity contribution in [2.24, 2.45) is 0 Å². The second-order valence-electron chi connectivity index (χ2n) is 6.57. The predicted molar refractivity (Wildman–Crippen MR) is 109 cm³/mol. The van der Waals surface area contributed by atoms with E-state index < -0.39 is 15.8 Å². The highest BCUT2D eigenvalue weighted by Gasteiger charge is 2.18. The molecule has 3 rings (SSSR count). The van der Waals surface area contributed by atoms with E-state index in [-0.39, 0.29) is 37.7 Å². The number of hydrogen-bond acceptors (Lipinski definition) is 6. The molecule has 1 amide bonds. The number of nitrogens with one attached hydrogen (secondary N) is 1. The van der Waals surface area contributed by atoms with E-state index >= 15 is 0 Å². The molecule has 8 nitrogen and oxygen atoms in total. The third kappa shape index (κ3) is 5.86. The second-order valence-corrected chi connectivity index (χ2v) is 8.48. The largest absolute Gasteiger partial charge is 0.347 e. The number of benzene rings is 2. The molecule has 0 aliphatic rings. The number of anilines is 1. The van der Waals surface area contributed by atoms with Crippen molar-refractivity contribution in [1.29, 1.82) is 0 Å². The van der Waals surface area contributed by atoms with Gasteiger partial charge in [-0.05, 0) is 30.7 Å². The van der Waals surface area contributed by atoms with E-state index in [2.05, 4.69) is 15.5 Å². The number of carbonyl (C=O) groups is 1. The zero-order valence-electron chi connectivity index (χ0n) is 16.3. The number of hydrogen-bond donors (Lipinski definition) is 1. The maximum absolute atomic E-state index is 13.1. The molecule has 10 heteroatoms. The van der Waals surface area contributed by atoms with E-state index in [0.717, 1.165) is 16.1 Å². The molecule has 1 N–H and O–H groups in total. The van der Waals surface area contributed by atoms with E-state index in [1.165, 1.54) is 24.3 Å². The molecule has 1 heterocycles. The highest BCUT2D eigenvalue weighted by molar-refractivity contribution is 7.92. The number of nitrogens with zero attached hydrogens (tertiary/aromatic N) is 3. The second kappa shape index (κ2) is 9.49. The fourth-order valence-corrected chi connectivity index (χ4v) is 3.74. The lowest BCUT2D eigenvalue weighted by Crippen LogP contribution is -2.32. The van der Waals surface area contributed by atoms with Crippen LogP contribution in [0.2, 0.25) is 0 Å². The van der Waals surface area contributed by atoms with Crippen LogP contribution in [0, 0.1) is 5.82 Å². The Labute approximate surface area is 173 Å². The minimum absolute atomic E-state index is 0.0758. The zero-order valence-corrected chi connectivity index (χ0v) is 17.1. The fourth-order valence-electron chi connectivity index (χ4n) is 2.77.